The number of aromatic nitrogens is 3. The van der Waals surface area contributed by atoms with Gasteiger partial charge in [0.2, 0.25) is 0 Å². The summed E-state index contributed by atoms with van der Waals surface area (Å²) < 4.78 is 0. The maximum atomic E-state index is 4.62. The predicted molar refractivity (Wildman–Crippen MR) is 93.7 cm³/mol. The first-order valence-electron chi connectivity index (χ1n) is 7.59. The fourth-order valence-corrected chi connectivity index (χ4v) is 2.18. The summed E-state index contributed by atoms with van der Waals surface area (Å²) in [7, 11) is 0. The molecule has 2 aromatic heterocycles. The zero-order valence-corrected chi connectivity index (χ0v) is 13.2. The highest BCUT2D eigenvalue weighted by molar-refractivity contribution is 5.64. The van der Waals surface area contributed by atoms with Crippen LogP contribution in [-0.4, -0.2) is 21.0 Å². The highest BCUT2D eigenvalue weighted by Crippen LogP contribution is 2.22. The van der Waals surface area contributed by atoms with Crippen LogP contribution in [0.3, 0.4) is 0 Å². The number of pyridine rings is 1. The third-order valence-corrected chi connectivity index (χ3v) is 3.13. The molecule has 0 saturated carbocycles. The first-order chi connectivity index (χ1) is 11.2. The Kier molecular flexibility index (Phi) is 4.47. The minimum atomic E-state index is 0.291. The minimum Gasteiger partial charge on any atom is -0.368 e. The smallest absolute Gasteiger partial charge is 0.163 e. The fourth-order valence-electron chi connectivity index (χ4n) is 2.18. The van der Waals surface area contributed by atoms with Crippen molar-refractivity contribution in [2.24, 2.45) is 0 Å². The van der Waals surface area contributed by atoms with E-state index in [2.05, 4.69) is 39.4 Å². The molecule has 5 nitrogen and oxygen atoms in total. The van der Waals surface area contributed by atoms with Gasteiger partial charge in [-0.2, -0.15) is 0 Å². The minimum absolute atomic E-state index is 0.291. The van der Waals surface area contributed by atoms with E-state index in [1.54, 1.807) is 12.4 Å². The average molecular weight is 305 g/mol. The lowest BCUT2D eigenvalue weighted by Crippen LogP contribution is -2.12. The van der Waals surface area contributed by atoms with E-state index in [1.165, 1.54) is 0 Å². The Morgan fingerprint density at radius 1 is 0.913 bits per heavy atom. The first kappa shape index (κ1) is 15.0. The van der Waals surface area contributed by atoms with Crippen LogP contribution < -0.4 is 10.6 Å². The summed E-state index contributed by atoms with van der Waals surface area (Å²) >= 11 is 0. The summed E-state index contributed by atoms with van der Waals surface area (Å²) in [6.07, 6.45) is 3.51. The second-order valence-electron chi connectivity index (χ2n) is 5.49. The van der Waals surface area contributed by atoms with Crippen molar-refractivity contribution in [3.8, 4) is 11.4 Å². The number of hydrogen-bond donors (Lipinski definition) is 2. The molecule has 0 saturated heterocycles. The molecule has 0 radical (unpaired) electrons. The van der Waals surface area contributed by atoms with Crippen molar-refractivity contribution in [1.82, 2.24) is 15.0 Å². The first-order valence-corrected chi connectivity index (χ1v) is 7.59. The van der Waals surface area contributed by atoms with E-state index >= 15 is 0 Å². The Morgan fingerprint density at radius 2 is 1.70 bits per heavy atom. The molecular weight excluding hydrogens is 286 g/mol. The molecule has 0 spiro atoms. The number of anilines is 3. The summed E-state index contributed by atoms with van der Waals surface area (Å²) in [6.45, 7) is 4.16. The molecule has 0 fully saturated rings. The van der Waals surface area contributed by atoms with Gasteiger partial charge in [-0.3, -0.25) is 4.98 Å². The van der Waals surface area contributed by atoms with Crippen molar-refractivity contribution in [3.05, 3.63) is 60.9 Å². The van der Waals surface area contributed by atoms with E-state index in [-0.39, 0.29) is 0 Å². The van der Waals surface area contributed by atoms with Crippen LogP contribution in [0, 0.1) is 0 Å². The van der Waals surface area contributed by atoms with Gasteiger partial charge in [-0.1, -0.05) is 30.3 Å². The van der Waals surface area contributed by atoms with E-state index < -0.39 is 0 Å². The summed E-state index contributed by atoms with van der Waals surface area (Å²) in [5.41, 5.74) is 1.87. The van der Waals surface area contributed by atoms with Crippen LogP contribution in [0.25, 0.3) is 11.4 Å². The average Bonchev–Trinajstić information content (AvgIpc) is 2.56. The Bertz CT molecular complexity index is 757. The van der Waals surface area contributed by atoms with Gasteiger partial charge in [-0.05, 0) is 26.0 Å². The Labute approximate surface area is 135 Å². The molecule has 5 heteroatoms. The highest BCUT2D eigenvalue weighted by atomic mass is 15.1. The van der Waals surface area contributed by atoms with E-state index in [9.17, 15) is 0 Å². The van der Waals surface area contributed by atoms with Crippen LogP contribution in [0.5, 0.6) is 0 Å². The van der Waals surface area contributed by atoms with Crippen molar-refractivity contribution in [2.75, 3.05) is 10.6 Å². The van der Waals surface area contributed by atoms with Gasteiger partial charge in [0.15, 0.2) is 5.82 Å². The van der Waals surface area contributed by atoms with Crippen molar-refractivity contribution in [3.63, 3.8) is 0 Å². The summed E-state index contributed by atoms with van der Waals surface area (Å²) in [5, 5.41) is 6.61. The molecule has 3 aromatic rings. The third-order valence-electron chi connectivity index (χ3n) is 3.13. The molecular formula is C18H19N5. The molecule has 116 valence electrons. The number of hydrogen-bond acceptors (Lipinski definition) is 5. The molecule has 3 rings (SSSR count). The molecule has 23 heavy (non-hydrogen) atoms. The van der Waals surface area contributed by atoms with Crippen LogP contribution in [0.15, 0.2) is 60.9 Å². The molecule has 0 aliphatic carbocycles. The van der Waals surface area contributed by atoms with Gasteiger partial charge in [-0.25, -0.2) is 9.97 Å². The number of benzene rings is 1. The monoisotopic (exact) mass is 305 g/mol. The van der Waals surface area contributed by atoms with Gasteiger partial charge >= 0.3 is 0 Å². The van der Waals surface area contributed by atoms with Crippen molar-refractivity contribution in [1.29, 1.82) is 0 Å². The van der Waals surface area contributed by atoms with Gasteiger partial charge in [0.05, 0.1) is 11.9 Å². The predicted octanol–water partition coefficient (Wildman–Crippen LogP) is 4.10. The second kappa shape index (κ2) is 6.87. The van der Waals surface area contributed by atoms with Gasteiger partial charge in [0.25, 0.3) is 0 Å². The Balaban J connectivity index is 1.98. The van der Waals surface area contributed by atoms with Crippen molar-refractivity contribution >= 4 is 17.3 Å². The number of nitrogens with one attached hydrogen (secondary N) is 2. The second-order valence-corrected chi connectivity index (χ2v) is 5.49. The molecule has 0 bridgehead atoms. The van der Waals surface area contributed by atoms with Crippen LogP contribution in [0.2, 0.25) is 0 Å². The maximum Gasteiger partial charge on any atom is 0.163 e. The van der Waals surface area contributed by atoms with Gasteiger partial charge in [0.1, 0.15) is 11.6 Å². The summed E-state index contributed by atoms with van der Waals surface area (Å²) in [4.78, 5) is 13.3. The van der Waals surface area contributed by atoms with Crippen LogP contribution in [0.4, 0.5) is 17.3 Å². The standard InChI is InChI=1S/C18H19N5/c1-13(2)20-16-11-17(21-15-9-6-10-19-12-15)23-18(22-16)14-7-4-3-5-8-14/h3-13H,1-2H3,(H2,20,21,22,23). The summed E-state index contributed by atoms with van der Waals surface area (Å²) in [6, 6.07) is 16.0. The van der Waals surface area contributed by atoms with Crippen LogP contribution in [-0.2, 0) is 0 Å². The molecule has 0 aliphatic rings. The molecule has 0 aliphatic heterocycles. The lowest BCUT2D eigenvalue weighted by Gasteiger charge is -2.13. The van der Waals surface area contributed by atoms with Gasteiger partial charge < -0.3 is 10.6 Å². The Morgan fingerprint density at radius 3 is 2.39 bits per heavy atom. The molecule has 1 aromatic carbocycles. The van der Waals surface area contributed by atoms with Crippen molar-refractivity contribution in [2.45, 2.75) is 19.9 Å². The van der Waals surface area contributed by atoms with E-state index in [0.29, 0.717) is 11.9 Å². The lowest BCUT2D eigenvalue weighted by molar-refractivity contribution is 0.887. The molecule has 0 unspecified atom stereocenters. The quantitative estimate of drug-likeness (QED) is 0.743. The molecule has 0 atom stereocenters. The highest BCUT2D eigenvalue weighted by Gasteiger charge is 2.08. The zero-order valence-electron chi connectivity index (χ0n) is 13.2. The molecule has 0 amide bonds. The number of nitrogens with zero attached hydrogens (tertiary/aromatic N) is 3. The van der Waals surface area contributed by atoms with Crippen molar-refractivity contribution < 1.29 is 0 Å². The van der Waals surface area contributed by atoms with E-state index in [4.69, 9.17) is 0 Å². The SMILES string of the molecule is CC(C)Nc1cc(Nc2cccnc2)nc(-c2ccccc2)n1. The normalized spacial score (nSPS) is 10.6. The fraction of sp³-hybridized carbons (Fsp3) is 0.167. The van der Waals surface area contributed by atoms with E-state index in [0.717, 1.165) is 22.9 Å². The lowest BCUT2D eigenvalue weighted by atomic mass is 10.2. The Hall–Kier alpha value is -2.95. The van der Waals surface area contributed by atoms with Gasteiger partial charge in [0, 0.05) is 23.9 Å². The zero-order chi connectivity index (χ0) is 16.1. The van der Waals surface area contributed by atoms with Crippen LogP contribution >= 0.6 is 0 Å². The largest absolute Gasteiger partial charge is 0.368 e. The van der Waals surface area contributed by atoms with Gasteiger partial charge in [-0.15, -0.1) is 0 Å². The summed E-state index contributed by atoms with van der Waals surface area (Å²) in [5.74, 6) is 2.21. The molecule has 2 heterocycles. The van der Waals surface area contributed by atoms with E-state index in [1.807, 2.05) is 48.5 Å². The maximum absolute atomic E-state index is 4.62. The van der Waals surface area contributed by atoms with Crippen LogP contribution in [0.1, 0.15) is 13.8 Å². The topological polar surface area (TPSA) is 62.7 Å². The molecule has 2 N–H and O–H groups in total. The number of rotatable bonds is 5. The third kappa shape index (κ3) is 4.03.